The summed E-state index contributed by atoms with van der Waals surface area (Å²) in [5.74, 6) is -0.0138. The molecule has 0 spiro atoms. The van der Waals surface area contributed by atoms with Crippen molar-refractivity contribution in [2.45, 2.75) is 18.3 Å². The number of benzene rings is 2. The molecule has 0 aromatic heterocycles. The first-order valence-electron chi connectivity index (χ1n) is 6.95. The minimum absolute atomic E-state index is 0.182. The SMILES string of the molecule is Fc1cccc(C2CCNCC2c2cccc(F)c2)c1. The quantitative estimate of drug-likeness (QED) is 0.877. The molecule has 0 saturated carbocycles. The Kier molecular flexibility index (Phi) is 3.79. The highest BCUT2D eigenvalue weighted by atomic mass is 19.1. The predicted molar refractivity (Wildman–Crippen MR) is 75.8 cm³/mol. The molecule has 0 aliphatic carbocycles. The molecule has 2 unspecified atom stereocenters. The lowest BCUT2D eigenvalue weighted by Crippen LogP contribution is -2.34. The van der Waals surface area contributed by atoms with Gasteiger partial charge in [0.25, 0.3) is 0 Å². The average molecular weight is 273 g/mol. The molecule has 0 radical (unpaired) electrons. The summed E-state index contributed by atoms with van der Waals surface area (Å²) >= 11 is 0. The highest BCUT2D eigenvalue weighted by molar-refractivity contribution is 5.30. The Bertz CT molecular complexity index is 544. The molecule has 1 heterocycles. The van der Waals surface area contributed by atoms with Gasteiger partial charge in [-0.15, -0.1) is 0 Å². The maximum atomic E-state index is 13.4. The largest absolute Gasteiger partial charge is 0.316 e. The second kappa shape index (κ2) is 5.71. The first kappa shape index (κ1) is 13.3. The normalized spacial score (nSPS) is 22.7. The highest BCUT2D eigenvalue weighted by Crippen LogP contribution is 2.37. The molecule has 3 heteroatoms. The third-order valence-corrected chi connectivity index (χ3v) is 4.04. The zero-order valence-corrected chi connectivity index (χ0v) is 11.2. The first-order valence-corrected chi connectivity index (χ1v) is 6.95. The number of nitrogens with one attached hydrogen (secondary N) is 1. The van der Waals surface area contributed by atoms with Crippen LogP contribution in [0.15, 0.2) is 48.5 Å². The van der Waals surface area contributed by atoms with Crippen molar-refractivity contribution in [1.82, 2.24) is 5.32 Å². The summed E-state index contributed by atoms with van der Waals surface area (Å²) in [6.07, 6.45) is 0.935. The lowest BCUT2D eigenvalue weighted by atomic mass is 9.77. The summed E-state index contributed by atoms with van der Waals surface area (Å²) in [5.41, 5.74) is 1.98. The van der Waals surface area contributed by atoms with Gasteiger partial charge in [-0.05, 0) is 54.3 Å². The van der Waals surface area contributed by atoms with Crippen molar-refractivity contribution in [3.8, 4) is 0 Å². The number of halogens is 2. The van der Waals surface area contributed by atoms with Gasteiger partial charge in [0.05, 0.1) is 0 Å². The molecule has 1 N–H and O–H groups in total. The first-order chi connectivity index (χ1) is 9.74. The summed E-state index contributed by atoms with van der Waals surface area (Å²) < 4.78 is 26.9. The minimum atomic E-state index is -0.217. The molecule has 1 aliphatic heterocycles. The minimum Gasteiger partial charge on any atom is -0.316 e. The van der Waals surface area contributed by atoms with Crippen LogP contribution in [0.25, 0.3) is 0 Å². The molecule has 1 saturated heterocycles. The van der Waals surface area contributed by atoms with Crippen LogP contribution in [-0.2, 0) is 0 Å². The third-order valence-electron chi connectivity index (χ3n) is 4.04. The molecule has 20 heavy (non-hydrogen) atoms. The maximum absolute atomic E-state index is 13.4. The molecular formula is C17H17F2N. The van der Waals surface area contributed by atoms with E-state index in [1.54, 1.807) is 24.3 Å². The van der Waals surface area contributed by atoms with E-state index in [0.717, 1.165) is 30.6 Å². The van der Waals surface area contributed by atoms with Crippen molar-refractivity contribution in [2.75, 3.05) is 13.1 Å². The van der Waals surface area contributed by atoms with Crippen molar-refractivity contribution in [1.29, 1.82) is 0 Å². The van der Waals surface area contributed by atoms with E-state index in [4.69, 9.17) is 0 Å². The topological polar surface area (TPSA) is 12.0 Å². The molecule has 1 nitrogen and oxygen atoms in total. The molecule has 2 aromatic rings. The monoisotopic (exact) mass is 273 g/mol. The van der Waals surface area contributed by atoms with Gasteiger partial charge in [-0.25, -0.2) is 8.78 Å². The second-order valence-electron chi connectivity index (χ2n) is 5.32. The molecule has 2 aromatic carbocycles. The van der Waals surface area contributed by atoms with Crippen molar-refractivity contribution in [2.24, 2.45) is 0 Å². The van der Waals surface area contributed by atoms with Gasteiger partial charge < -0.3 is 5.32 Å². The van der Waals surface area contributed by atoms with Crippen LogP contribution in [-0.4, -0.2) is 13.1 Å². The van der Waals surface area contributed by atoms with Crippen LogP contribution < -0.4 is 5.32 Å². The third kappa shape index (κ3) is 2.73. The van der Waals surface area contributed by atoms with E-state index in [0.29, 0.717) is 0 Å². The smallest absolute Gasteiger partial charge is 0.123 e. The summed E-state index contributed by atoms with van der Waals surface area (Å²) in [6, 6.07) is 13.5. The van der Waals surface area contributed by atoms with Gasteiger partial charge >= 0.3 is 0 Å². The van der Waals surface area contributed by atoms with Crippen LogP contribution in [0, 0.1) is 11.6 Å². The Morgan fingerprint density at radius 1 is 0.850 bits per heavy atom. The fourth-order valence-electron chi connectivity index (χ4n) is 3.08. The molecule has 3 rings (SSSR count). The summed E-state index contributed by atoms with van der Waals surface area (Å²) in [4.78, 5) is 0. The zero-order chi connectivity index (χ0) is 13.9. The summed E-state index contributed by atoms with van der Waals surface area (Å²) in [6.45, 7) is 1.71. The molecule has 2 atom stereocenters. The van der Waals surface area contributed by atoms with Crippen LogP contribution in [0.4, 0.5) is 8.78 Å². The van der Waals surface area contributed by atoms with E-state index >= 15 is 0 Å². The van der Waals surface area contributed by atoms with Crippen LogP contribution in [0.2, 0.25) is 0 Å². The van der Waals surface area contributed by atoms with Crippen LogP contribution in [0.3, 0.4) is 0 Å². The van der Waals surface area contributed by atoms with E-state index in [-0.39, 0.29) is 23.5 Å². The predicted octanol–water partition coefficient (Wildman–Crippen LogP) is 3.83. The van der Waals surface area contributed by atoms with Crippen molar-refractivity contribution in [3.05, 3.63) is 71.3 Å². The number of hydrogen-bond acceptors (Lipinski definition) is 1. The van der Waals surface area contributed by atoms with Gasteiger partial charge in [-0.1, -0.05) is 24.3 Å². The van der Waals surface area contributed by atoms with Gasteiger partial charge in [0.15, 0.2) is 0 Å². The van der Waals surface area contributed by atoms with Gasteiger partial charge in [-0.2, -0.15) is 0 Å². The summed E-state index contributed by atoms with van der Waals surface area (Å²) in [5, 5.41) is 3.35. The van der Waals surface area contributed by atoms with E-state index in [1.165, 1.54) is 12.1 Å². The molecule has 1 fully saturated rings. The highest BCUT2D eigenvalue weighted by Gasteiger charge is 2.28. The number of rotatable bonds is 2. The van der Waals surface area contributed by atoms with Crippen molar-refractivity contribution in [3.63, 3.8) is 0 Å². The molecule has 1 aliphatic rings. The van der Waals surface area contributed by atoms with Crippen LogP contribution >= 0.6 is 0 Å². The maximum Gasteiger partial charge on any atom is 0.123 e. The van der Waals surface area contributed by atoms with Gasteiger partial charge in [0.1, 0.15) is 11.6 Å². The van der Waals surface area contributed by atoms with E-state index in [1.807, 2.05) is 12.1 Å². The molecule has 0 amide bonds. The summed E-state index contributed by atoms with van der Waals surface area (Å²) in [7, 11) is 0. The van der Waals surface area contributed by atoms with E-state index in [2.05, 4.69) is 5.32 Å². The fourth-order valence-corrected chi connectivity index (χ4v) is 3.08. The van der Waals surface area contributed by atoms with Gasteiger partial charge in [0, 0.05) is 12.5 Å². The van der Waals surface area contributed by atoms with Crippen molar-refractivity contribution >= 4 is 0 Å². The Hall–Kier alpha value is -1.74. The van der Waals surface area contributed by atoms with Gasteiger partial charge in [-0.3, -0.25) is 0 Å². The number of hydrogen-bond donors (Lipinski definition) is 1. The Labute approximate surface area is 117 Å². The number of piperidine rings is 1. The lowest BCUT2D eigenvalue weighted by Gasteiger charge is -2.33. The van der Waals surface area contributed by atoms with Crippen molar-refractivity contribution < 1.29 is 8.78 Å². The second-order valence-corrected chi connectivity index (χ2v) is 5.32. The Balaban J connectivity index is 1.95. The van der Waals surface area contributed by atoms with E-state index in [9.17, 15) is 8.78 Å². The van der Waals surface area contributed by atoms with E-state index < -0.39 is 0 Å². The fraction of sp³-hybridized carbons (Fsp3) is 0.294. The zero-order valence-electron chi connectivity index (χ0n) is 11.2. The molecule has 104 valence electrons. The van der Waals surface area contributed by atoms with Gasteiger partial charge in [0.2, 0.25) is 0 Å². The Morgan fingerprint density at radius 2 is 1.45 bits per heavy atom. The molecular weight excluding hydrogens is 256 g/mol. The van der Waals surface area contributed by atoms with Crippen LogP contribution in [0.5, 0.6) is 0 Å². The Morgan fingerprint density at radius 3 is 2.05 bits per heavy atom. The standard InChI is InChI=1S/C17H17F2N/c18-14-5-1-3-12(9-14)16-7-8-20-11-17(16)13-4-2-6-15(19)10-13/h1-6,9-10,16-17,20H,7-8,11H2. The molecule has 0 bridgehead atoms. The lowest BCUT2D eigenvalue weighted by molar-refractivity contribution is 0.402. The van der Waals surface area contributed by atoms with Crippen LogP contribution in [0.1, 0.15) is 29.4 Å². The average Bonchev–Trinajstić information content (AvgIpc) is 2.47.